The first-order chi connectivity index (χ1) is 11.6. The molecule has 0 bridgehead atoms. The molecule has 3 aromatic rings. The predicted molar refractivity (Wildman–Crippen MR) is 92.0 cm³/mol. The van der Waals surface area contributed by atoms with Crippen molar-refractivity contribution in [3.05, 3.63) is 51.4 Å². The highest BCUT2D eigenvalue weighted by Gasteiger charge is 2.12. The zero-order chi connectivity index (χ0) is 16.9. The third-order valence-electron chi connectivity index (χ3n) is 2.92. The van der Waals surface area contributed by atoms with E-state index < -0.39 is 5.82 Å². The van der Waals surface area contributed by atoms with Gasteiger partial charge in [0, 0.05) is 4.88 Å². The molecule has 0 fully saturated rings. The monoisotopic (exact) mass is 383 g/mol. The lowest BCUT2D eigenvalue weighted by atomic mass is 10.3. The number of halogens is 2. The molecule has 10 heteroatoms. The van der Waals surface area contributed by atoms with E-state index in [9.17, 15) is 9.18 Å². The number of rotatable bonds is 6. The number of benzene rings is 1. The van der Waals surface area contributed by atoms with Crippen LogP contribution in [-0.4, -0.2) is 31.9 Å². The number of tetrazole rings is 1. The van der Waals surface area contributed by atoms with Gasteiger partial charge in [0.25, 0.3) is 0 Å². The summed E-state index contributed by atoms with van der Waals surface area (Å²) in [5.41, 5.74) is 0.363. The van der Waals surface area contributed by atoms with Crippen LogP contribution in [0.1, 0.15) is 4.88 Å². The summed E-state index contributed by atoms with van der Waals surface area (Å²) in [5, 5.41) is 16.8. The van der Waals surface area contributed by atoms with E-state index in [2.05, 4.69) is 20.8 Å². The third-order valence-corrected chi connectivity index (χ3v) is 5.05. The first kappa shape index (κ1) is 16.9. The Labute approximate surface area is 150 Å². The molecule has 1 aromatic carbocycles. The standard InChI is InChI=1S/C14H11ClFN5OS2/c15-11-6-9(16)3-4-12(11)17-13(22)8-24-14-18-19-20-21(14)7-10-2-1-5-23-10/h1-6H,7-8H2,(H,17,22). The maximum atomic E-state index is 13.0. The lowest BCUT2D eigenvalue weighted by molar-refractivity contribution is -0.113. The van der Waals surface area contributed by atoms with Gasteiger partial charge < -0.3 is 5.32 Å². The molecule has 0 aliphatic carbocycles. The molecule has 0 atom stereocenters. The average molecular weight is 384 g/mol. The molecule has 2 heterocycles. The maximum absolute atomic E-state index is 13.0. The second-order valence-corrected chi connectivity index (χ2v) is 7.04. The number of thioether (sulfide) groups is 1. The third kappa shape index (κ3) is 4.31. The summed E-state index contributed by atoms with van der Waals surface area (Å²) >= 11 is 8.70. The second-order valence-electron chi connectivity index (χ2n) is 4.66. The summed E-state index contributed by atoms with van der Waals surface area (Å²) in [6.45, 7) is 0.554. The molecule has 1 N–H and O–H groups in total. The van der Waals surface area contributed by atoms with Crippen molar-refractivity contribution in [1.82, 2.24) is 20.2 Å². The van der Waals surface area contributed by atoms with Gasteiger partial charge >= 0.3 is 0 Å². The number of hydrogen-bond acceptors (Lipinski definition) is 6. The van der Waals surface area contributed by atoms with Crippen molar-refractivity contribution in [2.24, 2.45) is 0 Å². The van der Waals surface area contributed by atoms with Crippen molar-refractivity contribution < 1.29 is 9.18 Å². The van der Waals surface area contributed by atoms with Crippen molar-refractivity contribution in [1.29, 1.82) is 0 Å². The van der Waals surface area contributed by atoms with Gasteiger partial charge in [-0.05, 0) is 40.1 Å². The van der Waals surface area contributed by atoms with Crippen LogP contribution in [0.3, 0.4) is 0 Å². The summed E-state index contributed by atoms with van der Waals surface area (Å²) in [5.74, 6) is -0.627. The van der Waals surface area contributed by atoms with Crippen molar-refractivity contribution in [2.45, 2.75) is 11.7 Å². The average Bonchev–Trinajstić information content (AvgIpc) is 3.20. The van der Waals surface area contributed by atoms with Gasteiger partial charge in [-0.2, -0.15) is 0 Å². The topological polar surface area (TPSA) is 72.7 Å². The van der Waals surface area contributed by atoms with Gasteiger partial charge in [0.15, 0.2) is 0 Å². The van der Waals surface area contributed by atoms with Crippen LogP contribution in [0.4, 0.5) is 10.1 Å². The summed E-state index contributed by atoms with van der Waals surface area (Å²) in [7, 11) is 0. The summed E-state index contributed by atoms with van der Waals surface area (Å²) in [4.78, 5) is 13.1. The fourth-order valence-corrected chi connectivity index (χ4v) is 3.43. The molecule has 1 amide bonds. The molecule has 0 radical (unpaired) electrons. The fraction of sp³-hybridized carbons (Fsp3) is 0.143. The zero-order valence-corrected chi connectivity index (χ0v) is 14.5. The first-order valence-corrected chi connectivity index (χ1v) is 9.02. The molecule has 2 aromatic heterocycles. The maximum Gasteiger partial charge on any atom is 0.234 e. The Bertz CT molecular complexity index is 840. The molecular weight excluding hydrogens is 373 g/mol. The van der Waals surface area contributed by atoms with E-state index in [4.69, 9.17) is 11.6 Å². The number of hydrogen-bond donors (Lipinski definition) is 1. The highest BCUT2D eigenvalue weighted by atomic mass is 35.5. The van der Waals surface area contributed by atoms with E-state index in [1.807, 2.05) is 17.5 Å². The minimum Gasteiger partial charge on any atom is -0.324 e. The van der Waals surface area contributed by atoms with E-state index in [0.29, 0.717) is 17.4 Å². The molecule has 0 saturated carbocycles. The molecule has 0 unspecified atom stereocenters. The summed E-state index contributed by atoms with van der Waals surface area (Å²) in [6, 6.07) is 7.74. The normalized spacial score (nSPS) is 10.8. The molecule has 0 aliphatic rings. The van der Waals surface area contributed by atoms with E-state index >= 15 is 0 Å². The van der Waals surface area contributed by atoms with E-state index in [-0.39, 0.29) is 16.7 Å². The Morgan fingerprint density at radius 3 is 3.04 bits per heavy atom. The lowest BCUT2D eigenvalue weighted by Crippen LogP contribution is -2.15. The molecule has 0 spiro atoms. The van der Waals surface area contributed by atoms with Gasteiger partial charge in [0.2, 0.25) is 11.1 Å². The number of nitrogens with one attached hydrogen (secondary N) is 1. The van der Waals surface area contributed by atoms with Gasteiger partial charge in [0.1, 0.15) is 5.82 Å². The first-order valence-electron chi connectivity index (χ1n) is 6.78. The second kappa shape index (κ2) is 7.73. The minimum atomic E-state index is -0.458. The molecule has 0 saturated heterocycles. The fourth-order valence-electron chi connectivity index (χ4n) is 1.86. The van der Waals surface area contributed by atoms with Gasteiger partial charge in [-0.1, -0.05) is 29.4 Å². The summed E-state index contributed by atoms with van der Waals surface area (Å²) in [6.07, 6.45) is 0. The predicted octanol–water partition coefficient (Wildman–Crippen LogP) is 3.31. The van der Waals surface area contributed by atoms with Crippen molar-refractivity contribution in [3.63, 3.8) is 0 Å². The van der Waals surface area contributed by atoms with Crippen molar-refractivity contribution in [2.75, 3.05) is 11.1 Å². The molecule has 6 nitrogen and oxygen atoms in total. The number of nitrogens with zero attached hydrogens (tertiary/aromatic N) is 4. The van der Waals surface area contributed by atoms with Crippen LogP contribution in [0, 0.1) is 5.82 Å². The Morgan fingerprint density at radius 1 is 1.42 bits per heavy atom. The van der Waals surface area contributed by atoms with E-state index in [1.54, 1.807) is 16.0 Å². The Balaban J connectivity index is 1.58. The zero-order valence-electron chi connectivity index (χ0n) is 12.1. The van der Waals surface area contributed by atoms with Gasteiger partial charge in [-0.25, -0.2) is 9.07 Å². The Hall–Kier alpha value is -1.97. The summed E-state index contributed by atoms with van der Waals surface area (Å²) < 4.78 is 14.6. The van der Waals surface area contributed by atoms with Gasteiger partial charge in [-0.3, -0.25) is 4.79 Å². The SMILES string of the molecule is O=C(CSc1nnnn1Cc1cccs1)Nc1ccc(F)cc1Cl. The highest BCUT2D eigenvalue weighted by Crippen LogP contribution is 2.23. The van der Waals surface area contributed by atoms with Crippen LogP contribution in [0.25, 0.3) is 0 Å². The number of carbonyl (C=O) groups excluding carboxylic acids is 1. The number of amides is 1. The minimum absolute atomic E-state index is 0.110. The molecule has 0 aliphatic heterocycles. The van der Waals surface area contributed by atoms with Crippen LogP contribution < -0.4 is 5.32 Å². The van der Waals surface area contributed by atoms with Gasteiger partial charge in [-0.15, -0.1) is 16.4 Å². The number of carbonyl (C=O) groups is 1. The van der Waals surface area contributed by atoms with Crippen LogP contribution in [-0.2, 0) is 11.3 Å². The number of anilines is 1. The largest absolute Gasteiger partial charge is 0.324 e. The lowest BCUT2D eigenvalue weighted by Gasteiger charge is -2.07. The Kier molecular flexibility index (Phi) is 5.44. The van der Waals surface area contributed by atoms with E-state index in [0.717, 1.165) is 10.9 Å². The van der Waals surface area contributed by atoms with Gasteiger partial charge in [0.05, 0.1) is 23.0 Å². The van der Waals surface area contributed by atoms with Crippen LogP contribution in [0.15, 0.2) is 40.9 Å². The molecular formula is C14H11ClFN5OS2. The molecule has 3 rings (SSSR count). The van der Waals surface area contributed by atoms with Crippen LogP contribution in [0.5, 0.6) is 0 Å². The highest BCUT2D eigenvalue weighted by molar-refractivity contribution is 7.99. The van der Waals surface area contributed by atoms with E-state index in [1.165, 1.54) is 23.9 Å². The molecule has 24 heavy (non-hydrogen) atoms. The molecule has 124 valence electrons. The van der Waals surface area contributed by atoms with Crippen LogP contribution >= 0.6 is 34.7 Å². The van der Waals surface area contributed by atoms with Crippen molar-refractivity contribution in [3.8, 4) is 0 Å². The van der Waals surface area contributed by atoms with Crippen LogP contribution in [0.2, 0.25) is 5.02 Å². The smallest absolute Gasteiger partial charge is 0.234 e. The Morgan fingerprint density at radius 2 is 2.29 bits per heavy atom. The van der Waals surface area contributed by atoms with Crippen molar-refractivity contribution >= 4 is 46.3 Å². The quantitative estimate of drug-likeness (QED) is 0.661. The number of thiophene rings is 1. The number of aromatic nitrogens is 4.